The fraction of sp³-hybridized carbons (Fsp3) is 0.524. The van der Waals surface area contributed by atoms with Gasteiger partial charge in [0.25, 0.3) is 17.0 Å². The number of fused-ring (bicyclic) bond motifs is 1. The predicted molar refractivity (Wildman–Crippen MR) is 111 cm³/mol. The Morgan fingerprint density at radius 3 is 2.57 bits per heavy atom. The first-order valence-electron chi connectivity index (χ1n) is 10.3. The third kappa shape index (κ3) is 4.02. The number of methoxy groups -OCH3 is 1. The van der Waals surface area contributed by atoms with Gasteiger partial charge >= 0.3 is 0 Å². The molecule has 2 aliphatic rings. The second kappa shape index (κ2) is 8.43. The highest BCUT2D eigenvalue weighted by atomic mass is 16.5. The molecule has 0 N–H and O–H groups in total. The highest BCUT2D eigenvalue weighted by Crippen LogP contribution is 2.19. The van der Waals surface area contributed by atoms with Gasteiger partial charge in [-0.05, 0) is 24.8 Å². The fourth-order valence-electron chi connectivity index (χ4n) is 4.12. The molecule has 3 heterocycles. The Kier molecular flexibility index (Phi) is 5.72. The Balaban J connectivity index is 1.35. The molecule has 160 valence electrons. The van der Waals surface area contributed by atoms with E-state index in [4.69, 9.17) is 4.74 Å². The number of aryl methyl sites for hydroxylation is 3. The second-order valence-corrected chi connectivity index (χ2v) is 7.87. The summed E-state index contributed by atoms with van der Waals surface area (Å²) in [6.45, 7) is 3.87. The van der Waals surface area contributed by atoms with Crippen molar-refractivity contribution in [1.82, 2.24) is 24.1 Å². The summed E-state index contributed by atoms with van der Waals surface area (Å²) < 4.78 is 8.18. The normalized spacial score (nSPS) is 16.5. The van der Waals surface area contributed by atoms with Crippen molar-refractivity contribution in [2.24, 2.45) is 7.05 Å². The molecule has 1 saturated heterocycles. The van der Waals surface area contributed by atoms with Gasteiger partial charge in [0.05, 0.1) is 24.9 Å². The van der Waals surface area contributed by atoms with Crippen LogP contribution in [0.2, 0.25) is 0 Å². The lowest BCUT2D eigenvalue weighted by Crippen LogP contribution is -2.49. The third-order valence-corrected chi connectivity index (χ3v) is 5.95. The van der Waals surface area contributed by atoms with Crippen LogP contribution in [-0.4, -0.2) is 69.9 Å². The Labute approximate surface area is 174 Å². The third-order valence-electron chi connectivity index (χ3n) is 5.95. The minimum atomic E-state index is -0.219. The van der Waals surface area contributed by atoms with Crippen molar-refractivity contribution in [2.45, 2.75) is 25.8 Å². The van der Waals surface area contributed by atoms with Gasteiger partial charge in [-0.2, -0.15) is 5.10 Å². The number of nitrogens with zero attached hydrogens (tertiary/aromatic N) is 5. The summed E-state index contributed by atoms with van der Waals surface area (Å²) in [5.74, 6) is 0.159. The van der Waals surface area contributed by atoms with Crippen LogP contribution in [0.5, 0.6) is 5.75 Å². The number of ether oxygens (including phenoxy) is 1. The van der Waals surface area contributed by atoms with Crippen molar-refractivity contribution in [3.05, 3.63) is 55.9 Å². The summed E-state index contributed by atoms with van der Waals surface area (Å²) in [4.78, 5) is 41.0. The number of pyridine rings is 1. The van der Waals surface area contributed by atoms with Crippen LogP contribution in [0, 0.1) is 0 Å². The van der Waals surface area contributed by atoms with E-state index >= 15 is 0 Å². The molecule has 0 atom stereocenters. The lowest BCUT2D eigenvalue weighted by atomic mass is 10.2. The molecular formula is C21H27N5O4. The topological polar surface area (TPSA) is 89.7 Å². The molecule has 30 heavy (non-hydrogen) atoms. The van der Waals surface area contributed by atoms with Gasteiger partial charge in [-0.15, -0.1) is 0 Å². The predicted octanol–water partition coefficient (Wildman–Crippen LogP) is -0.103. The molecule has 1 amide bonds. The van der Waals surface area contributed by atoms with E-state index in [1.54, 1.807) is 22.7 Å². The van der Waals surface area contributed by atoms with Gasteiger partial charge in [-0.1, -0.05) is 0 Å². The Bertz CT molecular complexity index is 1070. The zero-order chi connectivity index (χ0) is 21.3. The van der Waals surface area contributed by atoms with Gasteiger partial charge in [0.1, 0.15) is 5.75 Å². The second-order valence-electron chi connectivity index (χ2n) is 7.87. The van der Waals surface area contributed by atoms with Gasteiger partial charge in [-0.3, -0.25) is 19.3 Å². The molecule has 0 radical (unpaired) electrons. The van der Waals surface area contributed by atoms with E-state index < -0.39 is 0 Å². The van der Waals surface area contributed by atoms with Gasteiger partial charge < -0.3 is 14.2 Å². The van der Waals surface area contributed by atoms with E-state index in [1.165, 1.54) is 23.9 Å². The molecule has 1 aliphatic heterocycles. The molecule has 9 nitrogen and oxygen atoms in total. The van der Waals surface area contributed by atoms with Crippen LogP contribution in [0.1, 0.15) is 28.0 Å². The monoisotopic (exact) mass is 413 g/mol. The quantitative estimate of drug-likeness (QED) is 0.680. The van der Waals surface area contributed by atoms with Crippen molar-refractivity contribution in [3.8, 4) is 5.75 Å². The van der Waals surface area contributed by atoms with Gasteiger partial charge in [0, 0.05) is 58.1 Å². The van der Waals surface area contributed by atoms with Crippen molar-refractivity contribution >= 4 is 5.91 Å². The minimum absolute atomic E-state index is 0.0359. The molecule has 2 aromatic heterocycles. The standard InChI is InChI=1S/C21H27N5O4/c1-23-14-16(18(30-2)13-19(23)27)21(29)25-9-6-24(7-10-25)8-11-26-20(28)12-15-4-3-5-17(15)22-26/h12-14H,3-11H2,1-2H3. The molecule has 9 heteroatoms. The molecule has 0 bridgehead atoms. The van der Waals surface area contributed by atoms with Gasteiger partial charge in [-0.25, -0.2) is 4.68 Å². The fourth-order valence-corrected chi connectivity index (χ4v) is 4.12. The molecule has 0 saturated carbocycles. The largest absolute Gasteiger partial charge is 0.496 e. The van der Waals surface area contributed by atoms with E-state index in [1.807, 2.05) is 0 Å². The molecule has 1 aliphatic carbocycles. The summed E-state index contributed by atoms with van der Waals surface area (Å²) in [6.07, 6.45) is 4.50. The Morgan fingerprint density at radius 2 is 1.83 bits per heavy atom. The highest BCUT2D eigenvalue weighted by Gasteiger charge is 2.25. The molecule has 2 aromatic rings. The maximum atomic E-state index is 12.9. The minimum Gasteiger partial charge on any atom is -0.496 e. The summed E-state index contributed by atoms with van der Waals surface area (Å²) in [5, 5.41) is 4.53. The van der Waals surface area contributed by atoms with Crippen LogP contribution >= 0.6 is 0 Å². The zero-order valence-corrected chi connectivity index (χ0v) is 17.5. The molecule has 0 spiro atoms. The summed E-state index contributed by atoms with van der Waals surface area (Å²) >= 11 is 0. The van der Waals surface area contributed by atoms with Crippen molar-refractivity contribution in [3.63, 3.8) is 0 Å². The number of amides is 1. The zero-order valence-electron chi connectivity index (χ0n) is 17.5. The summed E-state index contributed by atoms with van der Waals surface area (Å²) in [7, 11) is 3.07. The van der Waals surface area contributed by atoms with Crippen LogP contribution in [-0.2, 0) is 26.4 Å². The van der Waals surface area contributed by atoms with E-state index in [-0.39, 0.29) is 17.0 Å². The van der Waals surface area contributed by atoms with E-state index in [0.29, 0.717) is 30.9 Å². The number of rotatable bonds is 5. The highest BCUT2D eigenvalue weighted by molar-refractivity contribution is 5.96. The van der Waals surface area contributed by atoms with Crippen molar-refractivity contribution in [2.75, 3.05) is 39.8 Å². The maximum Gasteiger partial charge on any atom is 0.267 e. The number of piperazine rings is 1. The molecule has 4 rings (SSSR count). The number of carbonyl (C=O) groups is 1. The van der Waals surface area contributed by atoms with E-state index in [0.717, 1.165) is 50.2 Å². The maximum absolute atomic E-state index is 12.9. The smallest absolute Gasteiger partial charge is 0.267 e. The van der Waals surface area contributed by atoms with Crippen LogP contribution in [0.15, 0.2) is 27.9 Å². The van der Waals surface area contributed by atoms with Crippen molar-refractivity contribution < 1.29 is 9.53 Å². The molecule has 0 unspecified atom stereocenters. The Morgan fingerprint density at radius 1 is 1.07 bits per heavy atom. The van der Waals surface area contributed by atoms with E-state index in [9.17, 15) is 14.4 Å². The van der Waals surface area contributed by atoms with Gasteiger partial charge in [0.15, 0.2) is 0 Å². The number of carbonyl (C=O) groups excluding carboxylic acids is 1. The van der Waals surface area contributed by atoms with Crippen LogP contribution in [0.3, 0.4) is 0 Å². The van der Waals surface area contributed by atoms with Crippen LogP contribution in [0.25, 0.3) is 0 Å². The number of hydrogen-bond donors (Lipinski definition) is 0. The lowest BCUT2D eigenvalue weighted by molar-refractivity contribution is 0.0627. The molecule has 0 aromatic carbocycles. The molecule has 1 fully saturated rings. The van der Waals surface area contributed by atoms with Crippen LogP contribution in [0.4, 0.5) is 0 Å². The number of hydrogen-bond acceptors (Lipinski definition) is 6. The number of aromatic nitrogens is 3. The molecular weight excluding hydrogens is 386 g/mol. The Hall–Kier alpha value is -2.94. The summed E-state index contributed by atoms with van der Waals surface area (Å²) in [5.41, 5.74) is 2.28. The van der Waals surface area contributed by atoms with Crippen molar-refractivity contribution in [1.29, 1.82) is 0 Å². The lowest BCUT2D eigenvalue weighted by Gasteiger charge is -2.35. The first-order valence-corrected chi connectivity index (χ1v) is 10.3. The average molecular weight is 413 g/mol. The average Bonchev–Trinajstić information content (AvgIpc) is 3.20. The van der Waals surface area contributed by atoms with Crippen LogP contribution < -0.4 is 15.9 Å². The van der Waals surface area contributed by atoms with Gasteiger partial charge in [0.2, 0.25) is 0 Å². The first kappa shape index (κ1) is 20.3. The van der Waals surface area contributed by atoms with E-state index in [2.05, 4.69) is 10.00 Å². The SMILES string of the molecule is COc1cc(=O)n(C)cc1C(=O)N1CCN(CCn2nc3c(cc2=O)CCC3)CC1. The first-order chi connectivity index (χ1) is 14.5. The summed E-state index contributed by atoms with van der Waals surface area (Å²) in [6, 6.07) is 3.07.